The van der Waals surface area contributed by atoms with Crippen molar-refractivity contribution in [2.24, 2.45) is 17.8 Å². The smallest absolute Gasteiger partial charge is 0.342 e. The van der Waals surface area contributed by atoms with Crippen LogP contribution in [0.5, 0.6) is 0 Å². The number of aromatic amines is 1. The molecule has 0 radical (unpaired) electrons. The summed E-state index contributed by atoms with van der Waals surface area (Å²) >= 11 is 0. The van der Waals surface area contributed by atoms with E-state index in [4.69, 9.17) is 5.11 Å². The zero-order valence-corrected chi connectivity index (χ0v) is 10.8. The van der Waals surface area contributed by atoms with Gasteiger partial charge in [0, 0.05) is 6.20 Å². The molecule has 1 aromatic heterocycles. The van der Waals surface area contributed by atoms with Crippen LogP contribution in [0.1, 0.15) is 48.9 Å². The number of nitrogens with one attached hydrogen (secondary N) is 1. The van der Waals surface area contributed by atoms with Gasteiger partial charge < -0.3 is 10.2 Å². The summed E-state index contributed by atoms with van der Waals surface area (Å²) in [5.41, 5.74) is -0.607. The maximum absolute atomic E-state index is 12.3. The summed E-state index contributed by atoms with van der Waals surface area (Å²) in [5, 5.41) is 12.0. The number of rotatable bonds is 2. The van der Waals surface area contributed by atoms with Gasteiger partial charge in [0.2, 0.25) is 0 Å². The van der Waals surface area contributed by atoms with Gasteiger partial charge in [0.05, 0.1) is 5.54 Å². The van der Waals surface area contributed by atoms with Crippen LogP contribution in [-0.4, -0.2) is 20.9 Å². The third kappa shape index (κ3) is 1.47. The van der Waals surface area contributed by atoms with Crippen LogP contribution in [0.15, 0.2) is 11.0 Å². The Morgan fingerprint density at radius 2 is 1.74 bits per heavy atom. The van der Waals surface area contributed by atoms with Crippen LogP contribution in [-0.2, 0) is 5.54 Å². The molecule has 0 unspecified atom stereocenters. The van der Waals surface area contributed by atoms with Gasteiger partial charge in [0.25, 0.3) is 5.56 Å². The molecule has 4 aliphatic carbocycles. The first-order chi connectivity index (χ1) is 9.07. The van der Waals surface area contributed by atoms with Gasteiger partial charge in [-0.05, 0) is 56.3 Å². The molecule has 0 spiro atoms. The molecule has 0 atom stereocenters. The third-order valence-electron chi connectivity index (χ3n) is 5.48. The lowest BCUT2D eigenvalue weighted by Crippen LogP contribution is -2.54. The van der Waals surface area contributed by atoms with E-state index in [1.807, 2.05) is 0 Å². The van der Waals surface area contributed by atoms with Gasteiger partial charge in [-0.15, -0.1) is 0 Å². The van der Waals surface area contributed by atoms with E-state index in [-0.39, 0.29) is 16.7 Å². The van der Waals surface area contributed by atoms with Gasteiger partial charge in [-0.2, -0.15) is 0 Å². The topological polar surface area (TPSA) is 75.1 Å². The highest BCUT2D eigenvalue weighted by Crippen LogP contribution is 2.58. The Balaban J connectivity index is 1.80. The molecule has 4 aliphatic rings. The molecule has 4 saturated carbocycles. The number of aromatic carboxylic acids is 1. The third-order valence-corrected chi connectivity index (χ3v) is 5.48. The van der Waals surface area contributed by atoms with E-state index in [1.165, 1.54) is 25.5 Å². The Kier molecular flexibility index (Phi) is 2.10. The van der Waals surface area contributed by atoms with E-state index in [2.05, 4.69) is 5.10 Å². The van der Waals surface area contributed by atoms with Crippen molar-refractivity contribution in [2.45, 2.75) is 44.1 Å². The minimum Gasteiger partial charge on any atom is -0.477 e. The largest absolute Gasteiger partial charge is 0.477 e. The van der Waals surface area contributed by atoms with Crippen molar-refractivity contribution in [3.63, 3.8) is 0 Å². The second-order valence-electron chi connectivity index (χ2n) is 6.77. The van der Waals surface area contributed by atoms with Crippen LogP contribution in [0.2, 0.25) is 0 Å². The SMILES string of the molecule is O=C(O)c1c[nH]n(C23CC4CC(CC(C4)C2)C3)c1=O. The number of carbonyl (C=O) groups is 1. The van der Waals surface area contributed by atoms with Crippen molar-refractivity contribution in [1.82, 2.24) is 9.78 Å². The Labute approximate surface area is 110 Å². The first-order valence-corrected chi connectivity index (χ1v) is 7.11. The van der Waals surface area contributed by atoms with Gasteiger partial charge in [-0.3, -0.25) is 4.79 Å². The summed E-state index contributed by atoms with van der Waals surface area (Å²) in [5.74, 6) is 1.06. The highest BCUT2D eigenvalue weighted by molar-refractivity contribution is 5.86. The van der Waals surface area contributed by atoms with E-state index >= 15 is 0 Å². The molecule has 1 aromatic rings. The second kappa shape index (κ2) is 3.52. The standard InChI is InChI=1S/C14H18N2O3/c17-12-11(13(18)19)7-15-16(12)14-4-8-1-9(5-14)3-10(2-8)6-14/h7-10,15H,1-6H2,(H,18,19). The lowest BCUT2D eigenvalue weighted by Gasteiger charge is -2.56. The number of hydrogen-bond acceptors (Lipinski definition) is 2. The second-order valence-corrected chi connectivity index (χ2v) is 6.77. The van der Waals surface area contributed by atoms with Crippen LogP contribution in [0.25, 0.3) is 0 Å². The number of carboxylic acid groups (broad SMARTS) is 1. The summed E-state index contributed by atoms with van der Waals surface area (Å²) in [7, 11) is 0. The lowest BCUT2D eigenvalue weighted by molar-refractivity contribution is -0.0510. The first-order valence-electron chi connectivity index (χ1n) is 7.11. The van der Waals surface area contributed by atoms with E-state index in [9.17, 15) is 9.59 Å². The molecule has 5 heteroatoms. The molecule has 0 amide bonds. The molecule has 0 saturated heterocycles. The van der Waals surface area contributed by atoms with Gasteiger partial charge in [-0.1, -0.05) is 0 Å². The van der Waals surface area contributed by atoms with Crippen LogP contribution in [0.3, 0.4) is 0 Å². The summed E-state index contributed by atoms with van der Waals surface area (Å²) in [6.45, 7) is 0. The molecule has 5 rings (SSSR count). The molecular weight excluding hydrogens is 244 g/mol. The lowest BCUT2D eigenvalue weighted by atomic mass is 9.53. The van der Waals surface area contributed by atoms with Gasteiger partial charge in [0.15, 0.2) is 0 Å². The predicted molar refractivity (Wildman–Crippen MR) is 68.2 cm³/mol. The monoisotopic (exact) mass is 262 g/mol. The zero-order valence-electron chi connectivity index (χ0n) is 10.8. The highest BCUT2D eigenvalue weighted by Gasteiger charge is 2.53. The summed E-state index contributed by atoms with van der Waals surface area (Å²) in [6.07, 6.45) is 8.39. The number of carboxylic acids is 1. The molecule has 102 valence electrons. The van der Waals surface area contributed by atoms with Crippen molar-refractivity contribution in [3.8, 4) is 0 Å². The van der Waals surface area contributed by atoms with Crippen molar-refractivity contribution in [1.29, 1.82) is 0 Å². The van der Waals surface area contributed by atoms with Crippen molar-refractivity contribution in [2.75, 3.05) is 0 Å². The summed E-state index contributed by atoms with van der Waals surface area (Å²) in [4.78, 5) is 23.3. The van der Waals surface area contributed by atoms with E-state index in [1.54, 1.807) is 4.68 Å². The van der Waals surface area contributed by atoms with Crippen molar-refractivity contribution < 1.29 is 9.90 Å². The van der Waals surface area contributed by atoms with Gasteiger partial charge in [-0.25, -0.2) is 9.48 Å². The van der Waals surface area contributed by atoms with Crippen LogP contribution >= 0.6 is 0 Å². The molecule has 0 aromatic carbocycles. The van der Waals surface area contributed by atoms with Crippen LogP contribution in [0, 0.1) is 17.8 Å². The fraction of sp³-hybridized carbons (Fsp3) is 0.714. The average molecular weight is 262 g/mol. The van der Waals surface area contributed by atoms with E-state index < -0.39 is 5.97 Å². The number of aromatic nitrogens is 2. The highest BCUT2D eigenvalue weighted by atomic mass is 16.4. The molecular formula is C14H18N2O3. The van der Waals surface area contributed by atoms with Gasteiger partial charge in [0.1, 0.15) is 5.56 Å². The fourth-order valence-electron chi connectivity index (χ4n) is 5.21. The van der Waals surface area contributed by atoms with E-state index in [0.29, 0.717) is 0 Å². The molecule has 2 N–H and O–H groups in total. The Morgan fingerprint density at radius 3 is 2.16 bits per heavy atom. The average Bonchev–Trinajstić information content (AvgIpc) is 2.69. The molecule has 5 nitrogen and oxygen atoms in total. The minimum atomic E-state index is -1.13. The quantitative estimate of drug-likeness (QED) is 0.853. The number of H-pyrrole nitrogens is 1. The summed E-state index contributed by atoms with van der Waals surface area (Å²) < 4.78 is 1.64. The van der Waals surface area contributed by atoms with Crippen LogP contribution < -0.4 is 5.56 Å². The summed E-state index contributed by atoms with van der Waals surface area (Å²) in [6, 6.07) is 0. The van der Waals surface area contributed by atoms with Crippen molar-refractivity contribution in [3.05, 3.63) is 22.1 Å². The zero-order chi connectivity index (χ0) is 13.2. The van der Waals surface area contributed by atoms with Gasteiger partial charge >= 0.3 is 5.97 Å². The van der Waals surface area contributed by atoms with Crippen molar-refractivity contribution >= 4 is 5.97 Å². The maximum Gasteiger partial charge on any atom is 0.342 e. The number of nitrogens with zero attached hydrogens (tertiary/aromatic N) is 1. The molecule has 4 bridgehead atoms. The molecule has 19 heavy (non-hydrogen) atoms. The predicted octanol–water partition coefficient (Wildman–Crippen LogP) is 1.80. The maximum atomic E-state index is 12.3. The molecule has 1 heterocycles. The number of hydrogen-bond donors (Lipinski definition) is 2. The van der Waals surface area contributed by atoms with Crippen LogP contribution in [0.4, 0.5) is 0 Å². The Hall–Kier alpha value is -1.52. The first kappa shape index (κ1) is 11.3. The minimum absolute atomic E-state index is 0.125. The van der Waals surface area contributed by atoms with E-state index in [0.717, 1.165) is 37.0 Å². The Bertz CT molecular complexity index is 563. The molecule has 4 fully saturated rings. The Morgan fingerprint density at radius 1 is 1.21 bits per heavy atom. The fourth-order valence-corrected chi connectivity index (χ4v) is 5.21. The normalized spacial score (nSPS) is 39.7. The molecule has 0 aliphatic heterocycles.